The van der Waals surface area contributed by atoms with Crippen LogP contribution in [0.1, 0.15) is 43.2 Å². The van der Waals surface area contributed by atoms with E-state index in [0.29, 0.717) is 24.7 Å². The zero-order chi connectivity index (χ0) is 16.9. The number of hydrogen-bond acceptors (Lipinski definition) is 4. The summed E-state index contributed by atoms with van der Waals surface area (Å²) in [6.07, 6.45) is 0. The van der Waals surface area contributed by atoms with Crippen LogP contribution in [0.3, 0.4) is 0 Å². The van der Waals surface area contributed by atoms with Gasteiger partial charge >= 0.3 is 0 Å². The first kappa shape index (κ1) is 17.0. The predicted octanol–water partition coefficient (Wildman–Crippen LogP) is 4.19. The van der Waals surface area contributed by atoms with Crippen LogP contribution >= 0.6 is 0 Å². The molecule has 0 radical (unpaired) electrons. The quantitative estimate of drug-likeness (QED) is 0.899. The van der Waals surface area contributed by atoms with Gasteiger partial charge in [0.05, 0.1) is 12.2 Å². The third-order valence-electron chi connectivity index (χ3n) is 3.34. The van der Waals surface area contributed by atoms with E-state index in [2.05, 4.69) is 34.6 Å². The van der Waals surface area contributed by atoms with Gasteiger partial charge in [0.1, 0.15) is 17.6 Å². The maximum Gasteiger partial charge on any atom is 0.145 e. The molecule has 4 heteroatoms. The van der Waals surface area contributed by atoms with Gasteiger partial charge in [-0.25, -0.2) is 4.98 Å². The molecule has 0 bridgehead atoms. The number of rotatable bonds is 5. The molecule has 2 aromatic rings. The molecule has 0 aliphatic heterocycles. The Kier molecular flexibility index (Phi) is 5.36. The van der Waals surface area contributed by atoms with Crippen LogP contribution in [0.15, 0.2) is 36.4 Å². The highest BCUT2D eigenvalue weighted by Crippen LogP contribution is 2.15. The fraction of sp³-hybridized carbons (Fsp3) is 0.368. The first-order valence-electron chi connectivity index (χ1n) is 7.71. The highest BCUT2D eigenvalue weighted by atomic mass is 16.5. The van der Waals surface area contributed by atoms with Crippen LogP contribution in [-0.4, -0.2) is 10.6 Å². The second-order valence-corrected chi connectivity index (χ2v) is 6.55. The van der Waals surface area contributed by atoms with Crippen LogP contribution in [0, 0.1) is 18.3 Å². The van der Waals surface area contributed by atoms with Gasteiger partial charge < -0.3 is 10.1 Å². The molecule has 0 atom stereocenters. The smallest absolute Gasteiger partial charge is 0.145 e. The van der Waals surface area contributed by atoms with Gasteiger partial charge in [0.25, 0.3) is 0 Å². The average Bonchev–Trinajstić information content (AvgIpc) is 2.52. The summed E-state index contributed by atoms with van der Waals surface area (Å²) in [6, 6.07) is 14.2. The molecule has 23 heavy (non-hydrogen) atoms. The SMILES string of the molecule is Cc1ccc(NCc2cccc(COC(C)(C)C)c2)nc1C#N. The molecule has 0 spiro atoms. The zero-order valence-corrected chi connectivity index (χ0v) is 14.2. The fourth-order valence-corrected chi connectivity index (χ4v) is 2.06. The van der Waals surface area contributed by atoms with Gasteiger partial charge in [0.2, 0.25) is 0 Å². The number of hydrogen-bond donors (Lipinski definition) is 1. The topological polar surface area (TPSA) is 57.9 Å². The van der Waals surface area contributed by atoms with E-state index in [9.17, 15) is 0 Å². The number of aryl methyl sites for hydroxylation is 1. The summed E-state index contributed by atoms with van der Waals surface area (Å²) in [4.78, 5) is 4.30. The van der Waals surface area contributed by atoms with Crippen molar-refractivity contribution in [3.63, 3.8) is 0 Å². The molecule has 120 valence electrons. The van der Waals surface area contributed by atoms with Gasteiger partial charge in [-0.3, -0.25) is 0 Å². The summed E-state index contributed by atoms with van der Waals surface area (Å²) in [5.74, 6) is 0.712. The maximum atomic E-state index is 9.04. The summed E-state index contributed by atoms with van der Waals surface area (Å²) >= 11 is 0. The highest BCUT2D eigenvalue weighted by Gasteiger charge is 2.10. The highest BCUT2D eigenvalue weighted by molar-refractivity contribution is 5.43. The molecule has 0 saturated carbocycles. The van der Waals surface area contributed by atoms with Crippen molar-refractivity contribution >= 4 is 5.82 Å². The zero-order valence-electron chi connectivity index (χ0n) is 14.2. The fourth-order valence-electron chi connectivity index (χ4n) is 2.06. The minimum Gasteiger partial charge on any atom is -0.371 e. The van der Waals surface area contributed by atoms with Crippen LogP contribution in [0.5, 0.6) is 0 Å². The van der Waals surface area contributed by atoms with Gasteiger partial charge in [-0.05, 0) is 50.5 Å². The Morgan fingerprint density at radius 2 is 1.91 bits per heavy atom. The monoisotopic (exact) mass is 309 g/mol. The summed E-state index contributed by atoms with van der Waals surface area (Å²) in [6.45, 7) is 9.29. The average molecular weight is 309 g/mol. The Labute approximate surface area is 138 Å². The molecule has 0 fully saturated rings. The lowest BCUT2D eigenvalue weighted by atomic mass is 10.1. The third kappa shape index (κ3) is 5.39. The first-order valence-corrected chi connectivity index (χ1v) is 7.71. The van der Waals surface area contributed by atoms with Crippen molar-refractivity contribution in [2.75, 3.05) is 5.32 Å². The van der Waals surface area contributed by atoms with E-state index < -0.39 is 0 Å². The Morgan fingerprint density at radius 1 is 1.17 bits per heavy atom. The van der Waals surface area contributed by atoms with Crippen molar-refractivity contribution in [1.82, 2.24) is 4.98 Å². The molecular weight excluding hydrogens is 286 g/mol. The molecule has 4 nitrogen and oxygen atoms in total. The Bertz CT molecular complexity index is 711. The Morgan fingerprint density at radius 3 is 2.61 bits per heavy atom. The number of nitriles is 1. The number of anilines is 1. The van der Waals surface area contributed by atoms with E-state index in [1.165, 1.54) is 0 Å². The minimum atomic E-state index is -0.145. The van der Waals surface area contributed by atoms with Crippen LogP contribution in [0.2, 0.25) is 0 Å². The number of ether oxygens (including phenoxy) is 1. The molecule has 1 aromatic heterocycles. The van der Waals surface area contributed by atoms with Crippen LogP contribution in [-0.2, 0) is 17.9 Å². The summed E-state index contributed by atoms with van der Waals surface area (Å²) in [5, 5.41) is 12.3. The standard InChI is InChI=1S/C19H23N3O/c1-14-8-9-18(22-17(14)11-20)21-12-15-6-5-7-16(10-15)13-23-19(2,3)4/h5-10H,12-13H2,1-4H3,(H,21,22). The largest absolute Gasteiger partial charge is 0.371 e. The number of pyridine rings is 1. The van der Waals surface area contributed by atoms with Crippen molar-refractivity contribution in [3.8, 4) is 6.07 Å². The van der Waals surface area contributed by atoms with Crippen LogP contribution < -0.4 is 5.32 Å². The maximum absolute atomic E-state index is 9.04. The van der Waals surface area contributed by atoms with Crippen molar-refractivity contribution in [1.29, 1.82) is 5.26 Å². The van der Waals surface area contributed by atoms with E-state index in [1.54, 1.807) is 0 Å². The lowest BCUT2D eigenvalue weighted by Crippen LogP contribution is -2.18. The van der Waals surface area contributed by atoms with E-state index in [0.717, 1.165) is 16.7 Å². The van der Waals surface area contributed by atoms with E-state index >= 15 is 0 Å². The van der Waals surface area contributed by atoms with E-state index in [4.69, 9.17) is 10.00 Å². The molecule has 1 N–H and O–H groups in total. The van der Waals surface area contributed by atoms with E-state index in [-0.39, 0.29) is 5.60 Å². The molecule has 0 aliphatic carbocycles. The van der Waals surface area contributed by atoms with Gasteiger partial charge in [-0.1, -0.05) is 30.3 Å². The van der Waals surface area contributed by atoms with Gasteiger partial charge in [-0.15, -0.1) is 0 Å². The molecule has 0 unspecified atom stereocenters. The summed E-state index contributed by atoms with van der Waals surface area (Å²) in [7, 11) is 0. The van der Waals surface area contributed by atoms with Crippen LogP contribution in [0.25, 0.3) is 0 Å². The number of nitrogens with zero attached hydrogens (tertiary/aromatic N) is 2. The summed E-state index contributed by atoms with van der Waals surface area (Å²) in [5.41, 5.74) is 3.50. The normalized spacial score (nSPS) is 11.1. The lowest BCUT2D eigenvalue weighted by Gasteiger charge is -2.19. The predicted molar refractivity (Wildman–Crippen MR) is 92.0 cm³/mol. The second-order valence-electron chi connectivity index (χ2n) is 6.55. The van der Waals surface area contributed by atoms with E-state index in [1.807, 2.05) is 45.9 Å². The van der Waals surface area contributed by atoms with Crippen molar-refractivity contribution < 1.29 is 4.74 Å². The molecule has 0 amide bonds. The third-order valence-corrected chi connectivity index (χ3v) is 3.34. The molecule has 0 aliphatic rings. The van der Waals surface area contributed by atoms with Crippen molar-refractivity contribution in [2.24, 2.45) is 0 Å². The van der Waals surface area contributed by atoms with Crippen molar-refractivity contribution in [3.05, 3.63) is 58.8 Å². The van der Waals surface area contributed by atoms with Gasteiger partial charge in [0.15, 0.2) is 0 Å². The number of nitrogens with one attached hydrogen (secondary N) is 1. The Hall–Kier alpha value is -2.38. The van der Waals surface area contributed by atoms with Gasteiger partial charge in [-0.2, -0.15) is 5.26 Å². The van der Waals surface area contributed by atoms with Crippen LogP contribution in [0.4, 0.5) is 5.82 Å². The molecular formula is C19H23N3O. The second kappa shape index (κ2) is 7.26. The number of aromatic nitrogens is 1. The van der Waals surface area contributed by atoms with Crippen molar-refractivity contribution in [2.45, 2.75) is 46.4 Å². The molecule has 1 aromatic carbocycles. The number of benzene rings is 1. The summed E-state index contributed by atoms with van der Waals surface area (Å²) < 4.78 is 5.81. The molecule has 0 saturated heterocycles. The minimum absolute atomic E-state index is 0.145. The Balaban J connectivity index is 2.00. The van der Waals surface area contributed by atoms with Gasteiger partial charge in [0, 0.05) is 6.54 Å². The first-order chi connectivity index (χ1) is 10.9. The molecule has 2 rings (SSSR count). The molecule has 1 heterocycles. The lowest BCUT2D eigenvalue weighted by molar-refractivity contribution is -0.0149.